The highest BCUT2D eigenvalue weighted by atomic mass is 16.5. The lowest BCUT2D eigenvalue weighted by molar-refractivity contribution is 0.412. The van der Waals surface area contributed by atoms with Gasteiger partial charge in [-0.3, -0.25) is 0 Å². The van der Waals surface area contributed by atoms with Crippen LogP contribution in [0.3, 0.4) is 0 Å². The van der Waals surface area contributed by atoms with E-state index in [9.17, 15) is 0 Å². The van der Waals surface area contributed by atoms with Gasteiger partial charge in [0.15, 0.2) is 5.89 Å². The van der Waals surface area contributed by atoms with Gasteiger partial charge >= 0.3 is 0 Å². The quantitative estimate of drug-likeness (QED) is 0.687. The number of hydrogen-bond acceptors (Lipinski definition) is 4. The van der Waals surface area contributed by atoms with E-state index in [1.165, 1.54) is 5.56 Å². The molecule has 0 spiro atoms. The molecule has 0 fully saturated rings. The summed E-state index contributed by atoms with van der Waals surface area (Å²) in [6.45, 7) is 10.2. The van der Waals surface area contributed by atoms with Crippen molar-refractivity contribution in [1.82, 2.24) is 9.97 Å². The number of rotatable bonds is 3. The number of aryl methyl sites for hydroxylation is 3. The molecule has 0 saturated carbocycles. The maximum atomic E-state index is 5.78. The van der Waals surface area contributed by atoms with Crippen LogP contribution in [0.4, 0.5) is 0 Å². The summed E-state index contributed by atoms with van der Waals surface area (Å²) in [5.41, 5.74) is 4.83. The van der Waals surface area contributed by atoms with Crippen LogP contribution in [0.1, 0.15) is 42.5 Å². The van der Waals surface area contributed by atoms with Crippen molar-refractivity contribution < 1.29 is 9.15 Å². The van der Waals surface area contributed by atoms with Crippen molar-refractivity contribution in [2.24, 2.45) is 0 Å². The minimum Gasteiger partial charge on any atom is -0.496 e. The van der Waals surface area contributed by atoms with Gasteiger partial charge in [-0.2, -0.15) is 0 Å². The van der Waals surface area contributed by atoms with E-state index in [1.807, 2.05) is 19.9 Å². The Hall–Kier alpha value is -2.36. The lowest BCUT2D eigenvalue weighted by atomic mass is 10.0. The molecule has 0 aliphatic rings. The first kappa shape index (κ1) is 15.5. The van der Waals surface area contributed by atoms with Crippen molar-refractivity contribution in [3.05, 3.63) is 41.0 Å². The molecule has 23 heavy (non-hydrogen) atoms. The van der Waals surface area contributed by atoms with Crippen LogP contribution in [0.2, 0.25) is 0 Å². The fourth-order valence-corrected chi connectivity index (χ4v) is 2.82. The minimum absolute atomic E-state index is 0.255. The molecule has 0 saturated heterocycles. The molecule has 0 atom stereocenters. The third-order valence-corrected chi connectivity index (χ3v) is 4.16. The maximum Gasteiger partial charge on any atom is 0.197 e. The van der Waals surface area contributed by atoms with Crippen LogP contribution < -0.4 is 4.74 Å². The molecular weight excluding hydrogens is 288 g/mol. The lowest BCUT2D eigenvalue weighted by Crippen LogP contribution is -1.95. The molecule has 4 heteroatoms. The molecule has 120 valence electrons. The monoisotopic (exact) mass is 310 g/mol. The first-order valence-corrected chi connectivity index (χ1v) is 7.85. The summed E-state index contributed by atoms with van der Waals surface area (Å²) in [6, 6.07) is 6.12. The molecule has 0 bridgehead atoms. The third kappa shape index (κ3) is 2.58. The molecule has 2 aromatic heterocycles. The predicted octanol–water partition coefficient (Wildman–Crippen LogP) is 4.95. The first-order chi connectivity index (χ1) is 10.9. The normalized spacial score (nSPS) is 11.4. The van der Waals surface area contributed by atoms with Gasteiger partial charge in [-0.25, -0.2) is 9.97 Å². The number of nitrogens with zero attached hydrogens (tertiary/aromatic N) is 2. The van der Waals surface area contributed by atoms with Crippen LogP contribution in [-0.2, 0) is 0 Å². The van der Waals surface area contributed by atoms with Crippen molar-refractivity contribution >= 4 is 10.9 Å². The number of benzene rings is 1. The zero-order valence-corrected chi connectivity index (χ0v) is 14.5. The Labute approximate surface area is 136 Å². The van der Waals surface area contributed by atoms with Gasteiger partial charge in [0, 0.05) is 16.9 Å². The molecule has 0 radical (unpaired) electrons. The number of methoxy groups -OCH3 is 1. The maximum absolute atomic E-state index is 5.78. The molecular formula is C19H22N2O2. The van der Waals surface area contributed by atoms with Crippen molar-refractivity contribution in [3.63, 3.8) is 0 Å². The number of oxazole rings is 1. The Balaban J connectivity index is 2.25. The van der Waals surface area contributed by atoms with Crippen LogP contribution in [-0.4, -0.2) is 17.1 Å². The summed E-state index contributed by atoms with van der Waals surface area (Å²) in [7, 11) is 1.68. The Morgan fingerprint density at radius 2 is 1.83 bits per heavy atom. The van der Waals surface area contributed by atoms with E-state index in [0.717, 1.165) is 45.3 Å². The van der Waals surface area contributed by atoms with E-state index < -0.39 is 0 Å². The summed E-state index contributed by atoms with van der Waals surface area (Å²) in [6.07, 6.45) is 0. The first-order valence-electron chi connectivity index (χ1n) is 7.85. The van der Waals surface area contributed by atoms with E-state index in [2.05, 4.69) is 37.9 Å². The summed E-state index contributed by atoms with van der Waals surface area (Å²) >= 11 is 0. The van der Waals surface area contributed by atoms with Crippen molar-refractivity contribution in [2.45, 2.75) is 40.5 Å². The van der Waals surface area contributed by atoms with Crippen LogP contribution in [0.5, 0.6) is 5.75 Å². The van der Waals surface area contributed by atoms with Crippen LogP contribution in [0.25, 0.3) is 22.3 Å². The second-order valence-corrected chi connectivity index (χ2v) is 6.22. The fraction of sp³-hybridized carbons (Fsp3) is 0.368. The van der Waals surface area contributed by atoms with Crippen molar-refractivity contribution in [2.75, 3.05) is 7.11 Å². The zero-order chi connectivity index (χ0) is 16.7. The molecule has 3 rings (SSSR count). The standard InChI is InChI=1S/C19H22N2O2/c1-10(2)19-21-18(13(5)23-19)15-9-11(3)14-7-8-16(22-6)12(4)17(14)20-15/h7-10H,1-6H3. The Morgan fingerprint density at radius 1 is 1.09 bits per heavy atom. The number of ether oxygens (including phenoxy) is 1. The predicted molar refractivity (Wildman–Crippen MR) is 92.1 cm³/mol. The van der Waals surface area contributed by atoms with E-state index in [4.69, 9.17) is 14.1 Å². The molecule has 4 nitrogen and oxygen atoms in total. The molecule has 3 aromatic rings. The SMILES string of the molecule is COc1ccc2c(C)cc(-c3nc(C(C)C)oc3C)nc2c1C. The van der Waals surface area contributed by atoms with E-state index in [1.54, 1.807) is 7.11 Å². The van der Waals surface area contributed by atoms with Crippen LogP contribution >= 0.6 is 0 Å². The minimum atomic E-state index is 0.255. The smallest absolute Gasteiger partial charge is 0.197 e. The molecule has 0 N–H and O–H groups in total. The van der Waals surface area contributed by atoms with E-state index in [-0.39, 0.29) is 5.92 Å². The molecule has 1 aromatic carbocycles. The molecule has 0 amide bonds. The number of fused-ring (bicyclic) bond motifs is 1. The van der Waals surface area contributed by atoms with Crippen LogP contribution in [0.15, 0.2) is 22.6 Å². The highest BCUT2D eigenvalue weighted by Gasteiger charge is 2.17. The second-order valence-electron chi connectivity index (χ2n) is 6.22. The topological polar surface area (TPSA) is 48.2 Å². The Bertz CT molecular complexity index is 879. The highest BCUT2D eigenvalue weighted by molar-refractivity contribution is 5.88. The number of pyridine rings is 1. The summed E-state index contributed by atoms with van der Waals surface area (Å²) in [5.74, 6) is 2.66. The number of hydrogen-bond donors (Lipinski definition) is 0. The van der Waals surface area contributed by atoms with E-state index in [0.29, 0.717) is 0 Å². The number of aromatic nitrogens is 2. The second kappa shape index (κ2) is 5.69. The molecule has 0 unspecified atom stereocenters. The molecule has 2 heterocycles. The van der Waals surface area contributed by atoms with E-state index >= 15 is 0 Å². The van der Waals surface area contributed by atoms with Crippen LogP contribution in [0, 0.1) is 20.8 Å². The Kier molecular flexibility index (Phi) is 3.84. The molecule has 0 aliphatic heterocycles. The van der Waals surface area contributed by atoms with Crippen molar-refractivity contribution in [3.8, 4) is 17.1 Å². The van der Waals surface area contributed by atoms with Gasteiger partial charge in [-0.15, -0.1) is 0 Å². The average molecular weight is 310 g/mol. The Morgan fingerprint density at radius 3 is 2.43 bits per heavy atom. The lowest BCUT2D eigenvalue weighted by Gasteiger charge is -2.11. The van der Waals surface area contributed by atoms with Gasteiger partial charge in [0.25, 0.3) is 0 Å². The molecule has 0 aliphatic carbocycles. The van der Waals surface area contributed by atoms with Gasteiger partial charge < -0.3 is 9.15 Å². The van der Waals surface area contributed by atoms with Gasteiger partial charge in [0.1, 0.15) is 17.2 Å². The highest BCUT2D eigenvalue weighted by Crippen LogP contribution is 2.32. The fourth-order valence-electron chi connectivity index (χ4n) is 2.82. The van der Waals surface area contributed by atoms with Crippen molar-refractivity contribution in [1.29, 1.82) is 0 Å². The third-order valence-electron chi connectivity index (χ3n) is 4.16. The van der Waals surface area contributed by atoms with Gasteiger partial charge in [0.2, 0.25) is 0 Å². The summed E-state index contributed by atoms with van der Waals surface area (Å²) < 4.78 is 11.2. The zero-order valence-electron chi connectivity index (χ0n) is 14.5. The summed E-state index contributed by atoms with van der Waals surface area (Å²) in [5, 5.41) is 1.14. The van der Waals surface area contributed by atoms with Gasteiger partial charge in [0.05, 0.1) is 18.3 Å². The summed E-state index contributed by atoms with van der Waals surface area (Å²) in [4.78, 5) is 9.48. The van der Waals surface area contributed by atoms with Gasteiger partial charge in [-0.05, 0) is 44.5 Å². The van der Waals surface area contributed by atoms with Gasteiger partial charge in [-0.1, -0.05) is 13.8 Å². The average Bonchev–Trinajstić information content (AvgIpc) is 2.90. The largest absolute Gasteiger partial charge is 0.496 e.